The zero-order valence-electron chi connectivity index (χ0n) is 16.9. The molecule has 29 heavy (non-hydrogen) atoms. The van der Waals surface area contributed by atoms with E-state index in [4.69, 9.17) is 9.63 Å². The van der Waals surface area contributed by atoms with Crippen LogP contribution in [0.25, 0.3) is 17.2 Å². The lowest BCUT2D eigenvalue weighted by molar-refractivity contribution is -0.139. The smallest absolute Gasteiger partial charge is 0.310 e. The summed E-state index contributed by atoms with van der Waals surface area (Å²) < 4.78 is 32.0. The van der Waals surface area contributed by atoms with Crippen LogP contribution in [0.3, 0.4) is 0 Å². The van der Waals surface area contributed by atoms with Gasteiger partial charge in [-0.1, -0.05) is 18.2 Å². The molecular formula is C22H24FO5P. The van der Waals surface area contributed by atoms with E-state index in [1.165, 1.54) is 12.9 Å². The second-order valence-corrected chi connectivity index (χ2v) is 9.38. The fourth-order valence-electron chi connectivity index (χ4n) is 3.09. The number of rotatable bonds is 8. The molecule has 2 aromatic carbocycles. The van der Waals surface area contributed by atoms with Gasteiger partial charge in [0.25, 0.3) is 0 Å². The fourth-order valence-corrected chi connectivity index (χ4v) is 4.43. The molecule has 0 saturated heterocycles. The lowest BCUT2D eigenvalue weighted by atomic mass is 9.93. The van der Waals surface area contributed by atoms with Gasteiger partial charge >= 0.3 is 5.97 Å². The van der Waals surface area contributed by atoms with Crippen molar-refractivity contribution in [2.75, 3.05) is 13.3 Å². The summed E-state index contributed by atoms with van der Waals surface area (Å²) >= 11 is 0. The van der Waals surface area contributed by atoms with E-state index in [0.717, 1.165) is 22.3 Å². The van der Waals surface area contributed by atoms with Gasteiger partial charge < -0.3 is 9.63 Å². The molecule has 0 heterocycles. The molecule has 1 unspecified atom stereocenters. The summed E-state index contributed by atoms with van der Waals surface area (Å²) in [5.41, 5.74) is 4.36. The molecule has 154 valence electrons. The summed E-state index contributed by atoms with van der Waals surface area (Å²) in [5, 5.41) is 8.73. The van der Waals surface area contributed by atoms with E-state index in [1.807, 2.05) is 25.1 Å². The third-order valence-corrected chi connectivity index (χ3v) is 6.61. The maximum absolute atomic E-state index is 14.0. The molecule has 0 aromatic heterocycles. The van der Waals surface area contributed by atoms with Gasteiger partial charge in [-0.05, 0) is 72.4 Å². The van der Waals surface area contributed by atoms with Crippen LogP contribution < -0.4 is 0 Å². The standard InChI is InChI=1S/C22H24FO5P/c1-14-6-5-7-20(17-10-15(2)22(23)16(3)11-17)19(14)8-9-29(27,28-4)13-18(24)12-21(25)26/h5-11H,12-13H2,1-4H3,(H,25,26). The molecular weight excluding hydrogens is 394 g/mol. The summed E-state index contributed by atoms with van der Waals surface area (Å²) in [7, 11) is -2.26. The second kappa shape index (κ2) is 9.29. The van der Waals surface area contributed by atoms with Gasteiger partial charge in [0.05, 0.1) is 6.16 Å². The van der Waals surface area contributed by atoms with Crippen LogP contribution in [-0.2, 0) is 18.7 Å². The molecule has 0 bridgehead atoms. The number of carbonyl (C=O) groups excluding carboxylic acids is 1. The summed E-state index contributed by atoms with van der Waals surface area (Å²) in [4.78, 5) is 22.5. The first-order valence-electron chi connectivity index (χ1n) is 9.00. The first kappa shape index (κ1) is 22.7. The van der Waals surface area contributed by atoms with Crippen LogP contribution >= 0.6 is 7.37 Å². The highest BCUT2D eigenvalue weighted by Crippen LogP contribution is 2.48. The Morgan fingerprint density at radius 2 is 1.76 bits per heavy atom. The number of benzene rings is 2. The number of hydrogen-bond acceptors (Lipinski definition) is 4. The molecule has 0 amide bonds. The Morgan fingerprint density at radius 1 is 1.14 bits per heavy atom. The first-order chi connectivity index (χ1) is 13.6. The van der Waals surface area contributed by atoms with Crippen LogP contribution in [0.4, 0.5) is 4.39 Å². The first-order valence-corrected chi connectivity index (χ1v) is 10.9. The van der Waals surface area contributed by atoms with Crippen molar-refractivity contribution >= 4 is 25.2 Å². The molecule has 1 atom stereocenters. The van der Waals surface area contributed by atoms with Crippen molar-refractivity contribution < 1.29 is 28.2 Å². The largest absolute Gasteiger partial charge is 0.481 e. The second-order valence-electron chi connectivity index (χ2n) is 6.95. The number of aliphatic carboxylic acids is 1. The molecule has 5 nitrogen and oxygen atoms in total. The number of aryl methyl sites for hydroxylation is 3. The van der Waals surface area contributed by atoms with Crippen LogP contribution in [0, 0.1) is 26.6 Å². The highest BCUT2D eigenvalue weighted by atomic mass is 31.2. The number of halogens is 1. The summed E-state index contributed by atoms with van der Waals surface area (Å²) in [6.07, 6.45) is 0.435. The van der Waals surface area contributed by atoms with Gasteiger partial charge in [-0.15, -0.1) is 0 Å². The molecule has 0 aliphatic heterocycles. The Hall–Kier alpha value is -2.56. The highest BCUT2D eigenvalue weighted by molar-refractivity contribution is 7.63. The van der Waals surface area contributed by atoms with Gasteiger partial charge in [-0.2, -0.15) is 0 Å². The topological polar surface area (TPSA) is 80.7 Å². The number of carbonyl (C=O) groups is 2. The van der Waals surface area contributed by atoms with Crippen molar-refractivity contribution in [1.82, 2.24) is 0 Å². The van der Waals surface area contributed by atoms with E-state index in [-0.39, 0.29) is 5.82 Å². The average molecular weight is 418 g/mol. The molecule has 0 aliphatic carbocycles. The third-order valence-electron chi connectivity index (χ3n) is 4.59. The molecule has 7 heteroatoms. The molecule has 1 N–H and O–H groups in total. The minimum absolute atomic E-state index is 0.251. The normalized spacial score (nSPS) is 13.4. The lowest BCUT2D eigenvalue weighted by Gasteiger charge is -2.14. The van der Waals surface area contributed by atoms with Crippen LogP contribution in [0.2, 0.25) is 0 Å². The van der Waals surface area contributed by atoms with Crippen LogP contribution in [0.5, 0.6) is 0 Å². The monoisotopic (exact) mass is 418 g/mol. The van der Waals surface area contributed by atoms with Crippen LogP contribution in [0.1, 0.15) is 28.7 Å². The number of ketones is 1. The minimum atomic E-state index is -3.49. The zero-order valence-corrected chi connectivity index (χ0v) is 17.8. The Kier molecular flexibility index (Phi) is 7.28. The molecule has 2 rings (SSSR count). The van der Waals surface area contributed by atoms with E-state index in [0.29, 0.717) is 11.1 Å². The SMILES string of the molecule is COP(=O)(C=Cc1c(C)cccc1-c1cc(C)c(F)c(C)c1)CC(=O)CC(=O)O. The van der Waals surface area contributed by atoms with E-state index in [9.17, 15) is 18.5 Å². The Labute approximate surface area is 169 Å². The van der Waals surface area contributed by atoms with Crippen molar-refractivity contribution in [3.63, 3.8) is 0 Å². The maximum Gasteiger partial charge on any atom is 0.310 e. The van der Waals surface area contributed by atoms with E-state index < -0.39 is 31.7 Å². The van der Waals surface area contributed by atoms with Gasteiger partial charge in [0.1, 0.15) is 12.2 Å². The van der Waals surface area contributed by atoms with Gasteiger partial charge in [0, 0.05) is 12.9 Å². The molecule has 2 aromatic rings. The highest BCUT2D eigenvalue weighted by Gasteiger charge is 2.24. The molecule has 0 spiro atoms. The van der Waals surface area contributed by atoms with Crippen molar-refractivity contribution in [1.29, 1.82) is 0 Å². The minimum Gasteiger partial charge on any atom is -0.481 e. The number of hydrogen-bond donors (Lipinski definition) is 1. The Morgan fingerprint density at radius 3 is 2.31 bits per heavy atom. The quantitative estimate of drug-likeness (QED) is 0.461. The number of carboxylic acids is 1. The third kappa shape index (κ3) is 5.72. The molecule has 0 radical (unpaired) electrons. The van der Waals surface area contributed by atoms with Crippen molar-refractivity contribution in [3.8, 4) is 11.1 Å². The number of Topliss-reactive ketones (excluding diaryl/α,β-unsaturated/α-hetero) is 1. The Balaban J connectivity index is 2.46. The predicted molar refractivity (Wildman–Crippen MR) is 112 cm³/mol. The fraction of sp³-hybridized carbons (Fsp3) is 0.273. The van der Waals surface area contributed by atoms with Gasteiger partial charge in [-0.3, -0.25) is 14.2 Å². The van der Waals surface area contributed by atoms with Crippen molar-refractivity contribution in [2.24, 2.45) is 0 Å². The summed E-state index contributed by atoms with van der Waals surface area (Å²) in [6, 6.07) is 9.15. The molecule has 0 aliphatic rings. The van der Waals surface area contributed by atoms with Gasteiger partial charge in [0.15, 0.2) is 5.78 Å². The van der Waals surface area contributed by atoms with E-state index in [2.05, 4.69) is 0 Å². The van der Waals surface area contributed by atoms with Crippen LogP contribution in [-0.4, -0.2) is 30.1 Å². The maximum atomic E-state index is 14.0. The van der Waals surface area contributed by atoms with Gasteiger partial charge in [-0.25, -0.2) is 4.39 Å². The zero-order chi connectivity index (χ0) is 21.8. The van der Waals surface area contributed by atoms with E-state index in [1.54, 1.807) is 32.1 Å². The van der Waals surface area contributed by atoms with Crippen molar-refractivity contribution in [3.05, 3.63) is 64.2 Å². The summed E-state index contributed by atoms with van der Waals surface area (Å²) in [5.74, 6) is -0.853. The summed E-state index contributed by atoms with van der Waals surface area (Å²) in [6.45, 7) is 5.29. The van der Waals surface area contributed by atoms with Crippen LogP contribution in [0.15, 0.2) is 36.1 Å². The lowest BCUT2D eigenvalue weighted by Crippen LogP contribution is -2.11. The van der Waals surface area contributed by atoms with Crippen molar-refractivity contribution in [2.45, 2.75) is 27.2 Å². The Bertz CT molecular complexity index is 1000. The number of carboxylic acid groups (broad SMARTS) is 1. The predicted octanol–water partition coefficient (Wildman–Crippen LogP) is 5.36. The van der Waals surface area contributed by atoms with Gasteiger partial charge in [0.2, 0.25) is 7.37 Å². The molecule has 0 saturated carbocycles. The average Bonchev–Trinajstić information content (AvgIpc) is 2.63. The van der Waals surface area contributed by atoms with E-state index >= 15 is 0 Å². The molecule has 0 fully saturated rings.